The summed E-state index contributed by atoms with van der Waals surface area (Å²) in [5, 5.41) is 12.0. The summed E-state index contributed by atoms with van der Waals surface area (Å²) >= 11 is 0. The van der Waals surface area contributed by atoms with Gasteiger partial charge in [0.15, 0.2) is 0 Å². The van der Waals surface area contributed by atoms with E-state index in [4.69, 9.17) is 5.73 Å². The van der Waals surface area contributed by atoms with E-state index in [2.05, 4.69) is 17.2 Å². The predicted molar refractivity (Wildman–Crippen MR) is 81.7 cm³/mol. The van der Waals surface area contributed by atoms with E-state index >= 15 is 0 Å². The average molecular weight is 280 g/mol. The normalized spacial score (nSPS) is 9.57. The Morgan fingerprint density at radius 1 is 1.10 bits per heavy atom. The highest BCUT2D eigenvalue weighted by Gasteiger charge is 2.04. The lowest BCUT2D eigenvalue weighted by Crippen LogP contribution is -2.22. The highest BCUT2D eigenvalue weighted by atomic mass is 16.3. The summed E-state index contributed by atoms with van der Waals surface area (Å²) < 4.78 is 0. The number of amides is 1. The predicted octanol–water partition coefficient (Wildman–Crippen LogP) is 1.63. The number of aromatic hydroxyl groups is 1. The van der Waals surface area contributed by atoms with Crippen LogP contribution in [0.3, 0.4) is 0 Å². The summed E-state index contributed by atoms with van der Waals surface area (Å²) in [6, 6.07) is 13.7. The molecule has 0 atom stereocenters. The minimum atomic E-state index is -0.179. The van der Waals surface area contributed by atoms with Gasteiger partial charge in [0.05, 0.1) is 6.54 Å². The summed E-state index contributed by atoms with van der Waals surface area (Å²) in [4.78, 5) is 11.9. The second kappa shape index (κ2) is 7.13. The number of hydrogen-bond acceptors (Lipinski definition) is 3. The fourth-order valence-electron chi connectivity index (χ4n) is 1.76. The Morgan fingerprint density at radius 2 is 1.76 bits per heavy atom. The molecule has 4 heteroatoms. The van der Waals surface area contributed by atoms with Gasteiger partial charge in [0.2, 0.25) is 0 Å². The zero-order valence-electron chi connectivity index (χ0n) is 11.5. The number of nitrogens with two attached hydrogens (primary N) is 1. The molecule has 2 aromatic rings. The van der Waals surface area contributed by atoms with Crippen molar-refractivity contribution in [3.05, 3.63) is 65.2 Å². The van der Waals surface area contributed by atoms with Gasteiger partial charge in [0.1, 0.15) is 5.75 Å². The van der Waals surface area contributed by atoms with Crippen molar-refractivity contribution in [2.75, 3.05) is 6.54 Å². The first kappa shape index (κ1) is 14.6. The van der Waals surface area contributed by atoms with Crippen LogP contribution in [0.5, 0.6) is 5.75 Å². The van der Waals surface area contributed by atoms with Crippen LogP contribution in [0, 0.1) is 11.8 Å². The lowest BCUT2D eigenvalue weighted by Gasteiger charge is -2.05. The van der Waals surface area contributed by atoms with Crippen molar-refractivity contribution in [1.29, 1.82) is 0 Å². The molecule has 0 radical (unpaired) electrons. The molecule has 1 amide bonds. The van der Waals surface area contributed by atoms with E-state index < -0.39 is 0 Å². The van der Waals surface area contributed by atoms with E-state index in [0.717, 1.165) is 11.1 Å². The van der Waals surface area contributed by atoms with Crippen molar-refractivity contribution < 1.29 is 9.90 Å². The quantitative estimate of drug-likeness (QED) is 0.748. The van der Waals surface area contributed by atoms with E-state index in [1.165, 1.54) is 12.1 Å². The molecule has 2 rings (SSSR count). The molecule has 0 heterocycles. The van der Waals surface area contributed by atoms with Gasteiger partial charge in [-0.2, -0.15) is 0 Å². The Balaban J connectivity index is 1.93. The number of phenols is 1. The third-order valence-corrected chi connectivity index (χ3v) is 2.87. The molecule has 0 bridgehead atoms. The molecule has 21 heavy (non-hydrogen) atoms. The summed E-state index contributed by atoms with van der Waals surface area (Å²) in [6.45, 7) is 0.773. The summed E-state index contributed by atoms with van der Waals surface area (Å²) in [7, 11) is 0. The molecule has 0 fully saturated rings. The van der Waals surface area contributed by atoms with Crippen LogP contribution < -0.4 is 11.1 Å². The van der Waals surface area contributed by atoms with E-state index in [1.54, 1.807) is 12.1 Å². The largest absolute Gasteiger partial charge is 0.508 e. The van der Waals surface area contributed by atoms with Crippen LogP contribution >= 0.6 is 0 Å². The van der Waals surface area contributed by atoms with Gasteiger partial charge in [-0.15, -0.1) is 0 Å². The molecule has 4 nitrogen and oxygen atoms in total. The lowest BCUT2D eigenvalue weighted by atomic mass is 10.1. The molecule has 0 aliphatic carbocycles. The first-order valence-electron chi connectivity index (χ1n) is 6.54. The van der Waals surface area contributed by atoms with Gasteiger partial charge in [-0.05, 0) is 42.0 Å². The first-order valence-corrected chi connectivity index (χ1v) is 6.54. The molecule has 106 valence electrons. The zero-order valence-corrected chi connectivity index (χ0v) is 11.5. The number of carbonyl (C=O) groups excluding carboxylic acids is 1. The van der Waals surface area contributed by atoms with Crippen LogP contribution in [0.2, 0.25) is 0 Å². The molecule has 0 saturated carbocycles. The van der Waals surface area contributed by atoms with Crippen molar-refractivity contribution in [3.63, 3.8) is 0 Å². The van der Waals surface area contributed by atoms with Crippen molar-refractivity contribution in [2.24, 2.45) is 5.73 Å². The fraction of sp³-hybridized carbons (Fsp3) is 0.118. The van der Waals surface area contributed by atoms with E-state index in [0.29, 0.717) is 18.7 Å². The van der Waals surface area contributed by atoms with Crippen LogP contribution in [0.4, 0.5) is 0 Å². The number of nitrogens with one attached hydrogen (secondary N) is 1. The van der Waals surface area contributed by atoms with Gasteiger partial charge in [-0.3, -0.25) is 4.79 Å². The third kappa shape index (κ3) is 4.37. The van der Waals surface area contributed by atoms with Gasteiger partial charge in [-0.25, -0.2) is 0 Å². The Morgan fingerprint density at radius 3 is 2.38 bits per heavy atom. The van der Waals surface area contributed by atoms with Crippen molar-refractivity contribution in [3.8, 4) is 17.6 Å². The van der Waals surface area contributed by atoms with E-state index in [1.807, 2.05) is 24.3 Å². The molecule has 0 spiro atoms. The molecular weight excluding hydrogens is 264 g/mol. The number of phenolic OH excluding ortho intramolecular Hbond substituents is 1. The Kier molecular flexibility index (Phi) is 4.97. The number of carbonyl (C=O) groups is 1. The molecule has 2 aromatic carbocycles. The molecular formula is C17H16N2O2. The van der Waals surface area contributed by atoms with E-state index in [9.17, 15) is 9.90 Å². The fourth-order valence-corrected chi connectivity index (χ4v) is 1.76. The molecule has 4 N–H and O–H groups in total. The maximum Gasteiger partial charge on any atom is 0.251 e. The maximum atomic E-state index is 11.9. The molecule has 0 unspecified atom stereocenters. The summed E-state index contributed by atoms with van der Waals surface area (Å²) in [5.74, 6) is 5.69. The second-order valence-electron chi connectivity index (χ2n) is 4.43. The summed E-state index contributed by atoms with van der Waals surface area (Å²) in [6.07, 6.45) is 0. The minimum absolute atomic E-state index is 0.140. The number of benzene rings is 2. The highest BCUT2D eigenvalue weighted by molar-refractivity contribution is 5.94. The molecule has 0 saturated heterocycles. The van der Waals surface area contributed by atoms with Crippen LogP contribution in [-0.2, 0) is 6.54 Å². The number of hydrogen-bond donors (Lipinski definition) is 3. The Hall–Kier alpha value is -2.77. The van der Waals surface area contributed by atoms with Gasteiger partial charge < -0.3 is 16.2 Å². The van der Waals surface area contributed by atoms with Crippen LogP contribution in [0.1, 0.15) is 21.5 Å². The average Bonchev–Trinajstić information content (AvgIpc) is 2.52. The highest BCUT2D eigenvalue weighted by Crippen LogP contribution is 2.10. The van der Waals surface area contributed by atoms with Gasteiger partial charge >= 0.3 is 0 Å². The standard InChI is InChI=1S/C17H16N2O2/c18-11-1-2-13-3-5-14(6-4-13)12-19-17(21)15-7-9-16(20)10-8-15/h3-10,20H,11-12,18H2,(H,19,21). The Labute approximate surface area is 123 Å². The molecule has 0 aliphatic heterocycles. The van der Waals surface area contributed by atoms with E-state index in [-0.39, 0.29) is 11.7 Å². The smallest absolute Gasteiger partial charge is 0.251 e. The van der Waals surface area contributed by atoms with Crippen LogP contribution in [0.25, 0.3) is 0 Å². The van der Waals surface area contributed by atoms with Crippen molar-refractivity contribution >= 4 is 5.91 Å². The summed E-state index contributed by atoms with van der Waals surface area (Å²) in [5.41, 5.74) is 7.71. The van der Waals surface area contributed by atoms with Crippen molar-refractivity contribution in [1.82, 2.24) is 5.32 Å². The maximum absolute atomic E-state index is 11.9. The topological polar surface area (TPSA) is 75.3 Å². The SMILES string of the molecule is NCC#Cc1ccc(CNC(=O)c2ccc(O)cc2)cc1. The molecule has 0 aliphatic rings. The van der Waals surface area contributed by atoms with Crippen LogP contribution in [0.15, 0.2) is 48.5 Å². The van der Waals surface area contributed by atoms with Crippen LogP contribution in [-0.4, -0.2) is 17.6 Å². The second-order valence-corrected chi connectivity index (χ2v) is 4.43. The lowest BCUT2D eigenvalue weighted by molar-refractivity contribution is 0.0951. The monoisotopic (exact) mass is 280 g/mol. The van der Waals surface area contributed by atoms with Gasteiger partial charge in [-0.1, -0.05) is 24.0 Å². The minimum Gasteiger partial charge on any atom is -0.508 e. The van der Waals surface area contributed by atoms with Crippen molar-refractivity contribution in [2.45, 2.75) is 6.54 Å². The van der Waals surface area contributed by atoms with Gasteiger partial charge in [0.25, 0.3) is 5.91 Å². The number of rotatable bonds is 3. The molecule has 0 aromatic heterocycles. The third-order valence-electron chi connectivity index (χ3n) is 2.87. The first-order chi connectivity index (χ1) is 10.2. The Bertz CT molecular complexity index is 665. The van der Waals surface area contributed by atoms with Gasteiger partial charge in [0, 0.05) is 17.7 Å². The zero-order chi connectivity index (χ0) is 15.1.